The van der Waals surface area contributed by atoms with E-state index in [1.54, 1.807) is 0 Å². The lowest BCUT2D eigenvalue weighted by atomic mass is 10.1. The summed E-state index contributed by atoms with van der Waals surface area (Å²) in [6.45, 7) is 3.65. The summed E-state index contributed by atoms with van der Waals surface area (Å²) in [5, 5.41) is 3.40. The molecule has 0 amide bonds. The first-order valence-corrected chi connectivity index (χ1v) is 7.76. The van der Waals surface area contributed by atoms with E-state index < -0.39 is 0 Å². The molecule has 0 heterocycles. The Balaban J connectivity index is 1.71. The zero-order valence-electron chi connectivity index (χ0n) is 11.3. The summed E-state index contributed by atoms with van der Waals surface area (Å²) in [5.74, 6) is -0.222. The molecule has 0 saturated heterocycles. The van der Waals surface area contributed by atoms with Gasteiger partial charge in [-0.15, -0.1) is 0 Å². The van der Waals surface area contributed by atoms with Gasteiger partial charge in [0.2, 0.25) is 0 Å². The fourth-order valence-corrected chi connectivity index (χ4v) is 2.85. The number of hydrogen-bond acceptors (Lipinski definition) is 2. The van der Waals surface area contributed by atoms with Crippen LogP contribution in [0.15, 0.2) is 22.7 Å². The fourth-order valence-electron chi connectivity index (χ4n) is 2.46. The van der Waals surface area contributed by atoms with Gasteiger partial charge < -0.3 is 10.1 Å². The number of ether oxygens (including phenoxy) is 1. The molecule has 4 heteroatoms. The molecule has 1 fully saturated rings. The Labute approximate surface area is 122 Å². The Morgan fingerprint density at radius 2 is 2.16 bits per heavy atom. The SMILES string of the molecule is CC(NCCOC1CCCC1)c1ccc(F)c(Br)c1. The molecule has 0 aromatic heterocycles. The molecular weight excluding hydrogens is 309 g/mol. The molecular formula is C15H21BrFNO. The van der Waals surface area contributed by atoms with Gasteiger partial charge in [0.05, 0.1) is 17.2 Å². The van der Waals surface area contributed by atoms with E-state index in [9.17, 15) is 4.39 Å². The Morgan fingerprint density at radius 3 is 2.84 bits per heavy atom. The number of benzene rings is 1. The van der Waals surface area contributed by atoms with Crippen molar-refractivity contribution in [3.05, 3.63) is 34.1 Å². The minimum atomic E-state index is -0.222. The molecule has 1 N–H and O–H groups in total. The quantitative estimate of drug-likeness (QED) is 0.790. The van der Waals surface area contributed by atoms with Crippen LogP contribution in [0.3, 0.4) is 0 Å². The molecule has 1 aromatic rings. The monoisotopic (exact) mass is 329 g/mol. The first-order valence-electron chi connectivity index (χ1n) is 6.97. The van der Waals surface area contributed by atoms with E-state index in [0.29, 0.717) is 10.6 Å². The largest absolute Gasteiger partial charge is 0.377 e. The number of nitrogens with one attached hydrogen (secondary N) is 1. The third kappa shape index (κ3) is 4.55. The third-order valence-electron chi connectivity index (χ3n) is 3.65. The second-order valence-corrected chi connectivity index (χ2v) is 5.98. The summed E-state index contributed by atoms with van der Waals surface area (Å²) >= 11 is 3.21. The highest BCUT2D eigenvalue weighted by atomic mass is 79.9. The molecule has 0 bridgehead atoms. The minimum Gasteiger partial charge on any atom is -0.377 e. The van der Waals surface area contributed by atoms with Crippen molar-refractivity contribution in [2.75, 3.05) is 13.2 Å². The maximum Gasteiger partial charge on any atom is 0.137 e. The molecule has 2 rings (SSSR count). The molecule has 1 aliphatic rings. The van der Waals surface area contributed by atoms with Crippen molar-refractivity contribution < 1.29 is 9.13 Å². The van der Waals surface area contributed by atoms with E-state index in [1.165, 1.54) is 31.7 Å². The molecule has 19 heavy (non-hydrogen) atoms. The van der Waals surface area contributed by atoms with Crippen LogP contribution in [0.2, 0.25) is 0 Å². The van der Waals surface area contributed by atoms with E-state index in [2.05, 4.69) is 28.2 Å². The minimum absolute atomic E-state index is 0.198. The first-order chi connectivity index (χ1) is 9.16. The van der Waals surface area contributed by atoms with Crippen molar-refractivity contribution in [1.29, 1.82) is 0 Å². The van der Waals surface area contributed by atoms with E-state index in [1.807, 2.05) is 12.1 Å². The zero-order chi connectivity index (χ0) is 13.7. The molecule has 106 valence electrons. The predicted molar refractivity (Wildman–Crippen MR) is 78.7 cm³/mol. The smallest absolute Gasteiger partial charge is 0.137 e. The fraction of sp³-hybridized carbons (Fsp3) is 0.600. The van der Waals surface area contributed by atoms with Crippen molar-refractivity contribution in [2.24, 2.45) is 0 Å². The van der Waals surface area contributed by atoms with Crippen LogP contribution in [0.5, 0.6) is 0 Å². The summed E-state index contributed by atoms with van der Waals surface area (Å²) in [4.78, 5) is 0. The second-order valence-electron chi connectivity index (χ2n) is 5.13. The lowest BCUT2D eigenvalue weighted by Gasteiger charge is -2.16. The standard InChI is InChI=1S/C15H21BrFNO/c1-11(12-6-7-15(17)14(16)10-12)18-8-9-19-13-4-2-3-5-13/h6-7,10-11,13,18H,2-5,8-9H2,1H3. The van der Waals surface area contributed by atoms with Crippen LogP contribution in [-0.2, 0) is 4.74 Å². The van der Waals surface area contributed by atoms with Gasteiger partial charge >= 0.3 is 0 Å². The Hall–Kier alpha value is -0.450. The number of halogens is 2. The molecule has 1 aliphatic carbocycles. The molecule has 0 aliphatic heterocycles. The summed E-state index contributed by atoms with van der Waals surface area (Å²) < 4.78 is 19.5. The first kappa shape index (κ1) is 14.9. The van der Waals surface area contributed by atoms with E-state index in [4.69, 9.17) is 4.74 Å². The van der Waals surface area contributed by atoms with Crippen LogP contribution in [0.1, 0.15) is 44.2 Å². The maximum absolute atomic E-state index is 13.2. The van der Waals surface area contributed by atoms with Gasteiger partial charge in [-0.05, 0) is 53.4 Å². The summed E-state index contributed by atoms with van der Waals surface area (Å²) in [5.41, 5.74) is 1.08. The summed E-state index contributed by atoms with van der Waals surface area (Å²) in [6.07, 6.45) is 5.49. The van der Waals surface area contributed by atoms with Crippen LogP contribution in [-0.4, -0.2) is 19.3 Å². The Bertz CT molecular complexity index is 407. The lowest BCUT2D eigenvalue weighted by Crippen LogP contribution is -2.25. The predicted octanol–water partition coefficient (Wildman–Crippen LogP) is 4.20. The lowest BCUT2D eigenvalue weighted by molar-refractivity contribution is 0.0593. The van der Waals surface area contributed by atoms with E-state index in [-0.39, 0.29) is 11.9 Å². The zero-order valence-corrected chi connectivity index (χ0v) is 12.9. The molecule has 1 unspecified atom stereocenters. The highest BCUT2D eigenvalue weighted by molar-refractivity contribution is 9.10. The van der Waals surface area contributed by atoms with Crippen molar-refractivity contribution in [1.82, 2.24) is 5.32 Å². The van der Waals surface area contributed by atoms with Crippen molar-refractivity contribution in [3.63, 3.8) is 0 Å². The Kier molecular flexibility index (Phi) is 5.79. The van der Waals surface area contributed by atoms with E-state index in [0.717, 1.165) is 18.7 Å². The second kappa shape index (κ2) is 7.36. The average molecular weight is 330 g/mol. The number of hydrogen-bond donors (Lipinski definition) is 1. The van der Waals surface area contributed by atoms with Gasteiger partial charge in [-0.3, -0.25) is 0 Å². The number of rotatable bonds is 6. The van der Waals surface area contributed by atoms with Gasteiger partial charge in [-0.25, -0.2) is 4.39 Å². The van der Waals surface area contributed by atoms with Gasteiger partial charge in [0.25, 0.3) is 0 Å². The summed E-state index contributed by atoms with van der Waals surface area (Å²) in [7, 11) is 0. The molecule has 0 radical (unpaired) electrons. The molecule has 1 aromatic carbocycles. The maximum atomic E-state index is 13.2. The van der Waals surface area contributed by atoms with Crippen LogP contribution in [0, 0.1) is 5.82 Å². The topological polar surface area (TPSA) is 21.3 Å². The van der Waals surface area contributed by atoms with E-state index >= 15 is 0 Å². The van der Waals surface area contributed by atoms with Gasteiger partial charge in [0, 0.05) is 12.6 Å². The van der Waals surface area contributed by atoms with Gasteiger partial charge in [0.15, 0.2) is 0 Å². The van der Waals surface area contributed by atoms with Crippen LogP contribution < -0.4 is 5.32 Å². The van der Waals surface area contributed by atoms with Crippen LogP contribution in [0.25, 0.3) is 0 Å². The van der Waals surface area contributed by atoms with Crippen molar-refractivity contribution in [2.45, 2.75) is 44.8 Å². The van der Waals surface area contributed by atoms with Crippen LogP contribution >= 0.6 is 15.9 Å². The molecule has 0 spiro atoms. The van der Waals surface area contributed by atoms with Gasteiger partial charge in [-0.2, -0.15) is 0 Å². The van der Waals surface area contributed by atoms with Crippen molar-refractivity contribution in [3.8, 4) is 0 Å². The molecule has 2 nitrogen and oxygen atoms in total. The van der Waals surface area contributed by atoms with Gasteiger partial charge in [-0.1, -0.05) is 18.9 Å². The summed E-state index contributed by atoms with van der Waals surface area (Å²) in [6, 6.07) is 5.33. The highest BCUT2D eigenvalue weighted by Crippen LogP contribution is 2.22. The van der Waals surface area contributed by atoms with Gasteiger partial charge in [0.1, 0.15) is 5.82 Å². The normalized spacial score (nSPS) is 17.8. The Morgan fingerprint density at radius 1 is 1.42 bits per heavy atom. The van der Waals surface area contributed by atoms with Crippen molar-refractivity contribution >= 4 is 15.9 Å². The average Bonchev–Trinajstić information content (AvgIpc) is 2.91. The third-order valence-corrected chi connectivity index (χ3v) is 4.26. The van der Waals surface area contributed by atoms with Crippen LogP contribution in [0.4, 0.5) is 4.39 Å². The highest BCUT2D eigenvalue weighted by Gasteiger charge is 2.15. The molecule has 1 saturated carbocycles. The molecule has 1 atom stereocenters.